The second-order valence-corrected chi connectivity index (χ2v) is 8.41. The quantitative estimate of drug-likeness (QED) is 0.666. The van der Waals surface area contributed by atoms with Gasteiger partial charge in [0.15, 0.2) is 5.82 Å². The number of carbonyl (C=O) groups is 1. The van der Waals surface area contributed by atoms with E-state index in [-0.39, 0.29) is 5.91 Å². The number of piperazine rings is 1. The Morgan fingerprint density at radius 2 is 1.89 bits per heavy atom. The predicted molar refractivity (Wildman–Crippen MR) is 107 cm³/mol. The molecule has 0 N–H and O–H groups in total. The number of aromatic nitrogens is 2. The molecule has 1 aromatic carbocycles. The van der Waals surface area contributed by atoms with Crippen molar-refractivity contribution in [3.63, 3.8) is 0 Å². The molecule has 0 bridgehead atoms. The van der Waals surface area contributed by atoms with Gasteiger partial charge in [-0.15, -0.1) is 0 Å². The minimum atomic E-state index is 0.277. The summed E-state index contributed by atoms with van der Waals surface area (Å²) in [7, 11) is 0. The highest BCUT2D eigenvalue weighted by atomic mass is 79.9. The Bertz CT molecular complexity index is 737. The number of amides is 1. The maximum Gasteiger partial charge on any atom is 0.231 e. The normalized spacial score (nSPS) is 15.5. The minimum Gasteiger partial charge on any atom is -0.340 e. The molecule has 146 valence electrons. The zero-order chi connectivity index (χ0) is 19.2. The van der Waals surface area contributed by atoms with Gasteiger partial charge in [0.2, 0.25) is 11.8 Å². The lowest BCUT2D eigenvalue weighted by Gasteiger charge is -2.34. The highest BCUT2D eigenvalue weighted by molar-refractivity contribution is 9.10. The summed E-state index contributed by atoms with van der Waals surface area (Å²) in [5, 5.41) is 4.11. The molecule has 1 saturated heterocycles. The van der Waals surface area contributed by atoms with Crippen LogP contribution in [0.3, 0.4) is 0 Å². The number of hydrogen-bond acceptors (Lipinski definition) is 5. The van der Waals surface area contributed by atoms with Gasteiger partial charge in [-0.05, 0) is 30.0 Å². The molecule has 0 aliphatic carbocycles. The van der Waals surface area contributed by atoms with Crippen LogP contribution in [0.1, 0.15) is 44.0 Å². The maximum absolute atomic E-state index is 12.2. The molecule has 0 radical (unpaired) electrons. The van der Waals surface area contributed by atoms with Crippen LogP contribution in [0.25, 0.3) is 0 Å². The predicted octanol–water partition coefficient (Wildman–Crippen LogP) is 3.50. The summed E-state index contributed by atoms with van der Waals surface area (Å²) in [5.74, 6) is 2.19. The zero-order valence-corrected chi connectivity index (χ0v) is 17.6. The van der Waals surface area contributed by atoms with E-state index in [1.807, 2.05) is 29.2 Å². The molecule has 1 aliphatic rings. The fourth-order valence-electron chi connectivity index (χ4n) is 3.13. The largest absolute Gasteiger partial charge is 0.340 e. The fourth-order valence-corrected chi connectivity index (χ4v) is 3.39. The Balaban J connectivity index is 1.45. The molecule has 1 aliphatic heterocycles. The van der Waals surface area contributed by atoms with Gasteiger partial charge in [0.1, 0.15) is 0 Å². The number of nitrogens with zero attached hydrogens (tertiary/aromatic N) is 4. The van der Waals surface area contributed by atoms with E-state index in [0.717, 1.165) is 42.6 Å². The smallest absolute Gasteiger partial charge is 0.231 e. The Morgan fingerprint density at radius 1 is 1.19 bits per heavy atom. The molecular formula is C20H27BrN4O2. The van der Waals surface area contributed by atoms with Crippen LogP contribution in [0.2, 0.25) is 0 Å². The first-order valence-corrected chi connectivity index (χ1v) is 10.3. The first kappa shape index (κ1) is 20.0. The lowest BCUT2D eigenvalue weighted by atomic mass is 10.1. The highest BCUT2D eigenvalue weighted by Crippen LogP contribution is 2.14. The molecule has 0 unspecified atom stereocenters. The van der Waals surface area contributed by atoms with Crippen LogP contribution in [-0.4, -0.2) is 52.0 Å². The molecule has 0 saturated carbocycles. The second kappa shape index (κ2) is 9.46. The minimum absolute atomic E-state index is 0.277. The molecule has 7 heteroatoms. The van der Waals surface area contributed by atoms with Gasteiger partial charge in [0.05, 0.1) is 13.0 Å². The zero-order valence-electron chi connectivity index (χ0n) is 16.0. The summed E-state index contributed by atoms with van der Waals surface area (Å²) in [4.78, 5) is 21.0. The molecule has 1 fully saturated rings. The fraction of sp³-hybridized carbons (Fsp3) is 0.550. The molecule has 2 aromatic rings. The number of halogens is 1. The van der Waals surface area contributed by atoms with Crippen molar-refractivity contribution in [3.05, 3.63) is 46.0 Å². The van der Waals surface area contributed by atoms with Crippen molar-refractivity contribution in [2.45, 2.75) is 39.7 Å². The Morgan fingerprint density at radius 3 is 2.56 bits per heavy atom. The van der Waals surface area contributed by atoms with Gasteiger partial charge >= 0.3 is 0 Å². The van der Waals surface area contributed by atoms with Crippen LogP contribution >= 0.6 is 15.9 Å². The average molecular weight is 435 g/mol. The molecule has 0 spiro atoms. The van der Waals surface area contributed by atoms with Gasteiger partial charge in [0.25, 0.3) is 0 Å². The molecule has 6 nitrogen and oxygen atoms in total. The lowest BCUT2D eigenvalue weighted by molar-refractivity contribution is -0.133. The van der Waals surface area contributed by atoms with Crippen molar-refractivity contribution in [1.29, 1.82) is 0 Å². The van der Waals surface area contributed by atoms with E-state index in [1.54, 1.807) is 0 Å². The Labute approximate surface area is 169 Å². The summed E-state index contributed by atoms with van der Waals surface area (Å²) in [5.41, 5.74) is 1.14. The standard InChI is InChI=1S/C20H27BrN4O2/c1-15(2)3-8-20(26)25-11-9-24(10-12-25)14-18-22-19(27-23-18)13-16-4-6-17(21)7-5-16/h4-7,15H,3,8-14H2,1-2H3. The SMILES string of the molecule is CC(C)CCC(=O)N1CCN(Cc2noc(Cc3ccc(Br)cc3)n2)CC1. The van der Waals surface area contributed by atoms with Crippen LogP contribution in [0.4, 0.5) is 0 Å². The highest BCUT2D eigenvalue weighted by Gasteiger charge is 2.22. The van der Waals surface area contributed by atoms with E-state index in [0.29, 0.717) is 37.0 Å². The van der Waals surface area contributed by atoms with Crippen LogP contribution in [0.15, 0.2) is 33.3 Å². The molecule has 0 atom stereocenters. The molecular weight excluding hydrogens is 408 g/mol. The van der Waals surface area contributed by atoms with E-state index in [9.17, 15) is 4.79 Å². The maximum atomic E-state index is 12.2. The number of hydrogen-bond donors (Lipinski definition) is 0. The van der Waals surface area contributed by atoms with Gasteiger partial charge < -0.3 is 9.42 Å². The summed E-state index contributed by atoms with van der Waals surface area (Å²) in [6, 6.07) is 8.11. The van der Waals surface area contributed by atoms with Gasteiger partial charge in [-0.2, -0.15) is 4.98 Å². The summed E-state index contributed by atoms with van der Waals surface area (Å²) >= 11 is 3.44. The monoisotopic (exact) mass is 434 g/mol. The Kier molecular flexibility index (Phi) is 7.01. The summed E-state index contributed by atoms with van der Waals surface area (Å²) < 4.78 is 6.44. The van der Waals surface area contributed by atoms with E-state index < -0.39 is 0 Å². The molecule has 1 aromatic heterocycles. The van der Waals surface area contributed by atoms with Crippen molar-refractivity contribution in [2.75, 3.05) is 26.2 Å². The van der Waals surface area contributed by atoms with Gasteiger partial charge in [-0.1, -0.05) is 47.1 Å². The first-order valence-electron chi connectivity index (χ1n) is 9.55. The second-order valence-electron chi connectivity index (χ2n) is 7.50. The average Bonchev–Trinajstić information content (AvgIpc) is 3.09. The van der Waals surface area contributed by atoms with Crippen molar-refractivity contribution in [3.8, 4) is 0 Å². The topological polar surface area (TPSA) is 62.5 Å². The molecule has 1 amide bonds. The molecule has 2 heterocycles. The van der Waals surface area contributed by atoms with Crippen molar-refractivity contribution < 1.29 is 9.32 Å². The molecule has 3 rings (SSSR count). The third-order valence-corrected chi connectivity index (χ3v) is 5.33. The summed E-state index contributed by atoms with van der Waals surface area (Å²) in [6.45, 7) is 8.23. The van der Waals surface area contributed by atoms with Crippen molar-refractivity contribution in [2.24, 2.45) is 5.92 Å². The van der Waals surface area contributed by atoms with Crippen molar-refractivity contribution >= 4 is 21.8 Å². The van der Waals surface area contributed by atoms with Crippen LogP contribution in [-0.2, 0) is 17.8 Å². The Hall–Kier alpha value is -1.73. The van der Waals surface area contributed by atoms with E-state index in [4.69, 9.17) is 4.52 Å². The van der Waals surface area contributed by atoms with Crippen LogP contribution in [0, 0.1) is 5.92 Å². The first-order chi connectivity index (χ1) is 13.0. The number of carbonyl (C=O) groups excluding carboxylic acids is 1. The van der Waals surface area contributed by atoms with Crippen molar-refractivity contribution in [1.82, 2.24) is 19.9 Å². The van der Waals surface area contributed by atoms with Gasteiger partial charge in [0, 0.05) is 37.1 Å². The van der Waals surface area contributed by atoms with Crippen LogP contribution in [0.5, 0.6) is 0 Å². The third-order valence-electron chi connectivity index (χ3n) is 4.80. The third kappa shape index (κ3) is 6.14. The van der Waals surface area contributed by atoms with E-state index in [2.05, 4.69) is 44.8 Å². The summed E-state index contributed by atoms with van der Waals surface area (Å²) in [6.07, 6.45) is 2.25. The molecule has 27 heavy (non-hydrogen) atoms. The lowest BCUT2D eigenvalue weighted by Crippen LogP contribution is -2.48. The van der Waals surface area contributed by atoms with E-state index in [1.165, 1.54) is 0 Å². The van der Waals surface area contributed by atoms with Gasteiger partial charge in [-0.25, -0.2) is 0 Å². The van der Waals surface area contributed by atoms with Gasteiger partial charge in [-0.3, -0.25) is 9.69 Å². The number of rotatable bonds is 7. The van der Waals surface area contributed by atoms with E-state index >= 15 is 0 Å². The number of benzene rings is 1. The van der Waals surface area contributed by atoms with Crippen LogP contribution < -0.4 is 0 Å².